The molecule has 0 saturated carbocycles. The second-order valence-electron chi connectivity index (χ2n) is 6.33. The lowest BCUT2D eigenvalue weighted by atomic mass is 10.1. The average molecular weight is 326 g/mol. The minimum atomic E-state index is -0.522. The normalized spacial score (nSPS) is 10.9. The van der Waals surface area contributed by atoms with Crippen molar-refractivity contribution in [2.75, 3.05) is 0 Å². The van der Waals surface area contributed by atoms with E-state index in [1.54, 1.807) is 13.8 Å². The monoisotopic (exact) mass is 326 g/mol. The zero-order valence-electron chi connectivity index (χ0n) is 15.0. The van der Waals surface area contributed by atoms with Crippen LogP contribution in [0, 0.1) is 39.0 Å². The molecule has 0 spiro atoms. The predicted molar refractivity (Wildman–Crippen MR) is 91.3 cm³/mol. The van der Waals surface area contributed by atoms with Crippen LogP contribution in [0.2, 0.25) is 0 Å². The summed E-state index contributed by atoms with van der Waals surface area (Å²) in [7, 11) is 0. The van der Waals surface area contributed by atoms with Crippen LogP contribution in [-0.2, 0) is 6.54 Å². The zero-order chi connectivity index (χ0) is 18.2. The Morgan fingerprint density at radius 1 is 1.29 bits per heavy atom. The summed E-state index contributed by atoms with van der Waals surface area (Å²) in [6.07, 6.45) is 0. The van der Waals surface area contributed by atoms with Gasteiger partial charge in [-0.1, -0.05) is 0 Å². The molecule has 0 aliphatic carbocycles. The number of nitrogens with zero attached hydrogens (tertiary/aromatic N) is 4. The van der Waals surface area contributed by atoms with Crippen LogP contribution in [0.1, 0.15) is 58.5 Å². The first kappa shape index (κ1) is 17.7. The lowest BCUT2D eigenvalue weighted by Gasteiger charge is -2.13. The van der Waals surface area contributed by atoms with Crippen molar-refractivity contribution >= 4 is 5.78 Å². The van der Waals surface area contributed by atoms with Gasteiger partial charge in [-0.2, -0.15) is 10.4 Å². The topological polar surface area (TPSA) is 80.7 Å². The molecular formula is C18H22N4O2. The van der Waals surface area contributed by atoms with Crippen LogP contribution in [0.25, 0.3) is 0 Å². The molecule has 0 amide bonds. The largest absolute Gasteiger partial charge is 0.346 e. The number of nitriles is 1. The number of ketones is 1. The molecule has 0 bridgehead atoms. The van der Waals surface area contributed by atoms with E-state index in [-0.39, 0.29) is 23.9 Å². The maximum Gasteiger partial charge on any atom is 0.285 e. The minimum absolute atomic E-state index is 0.0444. The summed E-state index contributed by atoms with van der Waals surface area (Å²) in [4.78, 5) is 25.0. The lowest BCUT2D eigenvalue weighted by Crippen LogP contribution is -2.30. The first-order valence-electron chi connectivity index (χ1n) is 7.89. The van der Waals surface area contributed by atoms with Crippen LogP contribution in [-0.4, -0.2) is 20.1 Å². The van der Waals surface area contributed by atoms with Gasteiger partial charge in [0.2, 0.25) is 0 Å². The van der Waals surface area contributed by atoms with E-state index in [9.17, 15) is 9.59 Å². The Kier molecular flexibility index (Phi) is 4.74. The van der Waals surface area contributed by atoms with Crippen LogP contribution in [0.5, 0.6) is 0 Å². The number of aromatic nitrogens is 3. The molecule has 0 atom stereocenters. The maximum atomic E-state index is 12.7. The molecule has 2 aromatic heterocycles. The van der Waals surface area contributed by atoms with Crippen molar-refractivity contribution in [1.82, 2.24) is 14.3 Å². The summed E-state index contributed by atoms with van der Waals surface area (Å²) in [6, 6.07) is 4.00. The Bertz CT molecular complexity index is 911. The number of carbonyl (C=O) groups is 1. The van der Waals surface area contributed by atoms with Crippen LogP contribution in [0.4, 0.5) is 0 Å². The molecule has 24 heavy (non-hydrogen) atoms. The SMILES string of the molecule is Cc1nn(CC(=O)c2cc(C)n(C(C)C)c2C)c(=O)c(C#N)c1C. The van der Waals surface area contributed by atoms with Gasteiger partial charge in [-0.25, -0.2) is 4.68 Å². The van der Waals surface area contributed by atoms with Crippen molar-refractivity contribution < 1.29 is 4.79 Å². The Morgan fingerprint density at radius 2 is 1.92 bits per heavy atom. The Labute approximate surface area is 141 Å². The van der Waals surface area contributed by atoms with Crippen molar-refractivity contribution in [3.05, 3.63) is 50.2 Å². The first-order chi connectivity index (χ1) is 11.2. The van der Waals surface area contributed by atoms with Crippen LogP contribution >= 0.6 is 0 Å². The van der Waals surface area contributed by atoms with Gasteiger partial charge < -0.3 is 4.57 Å². The molecule has 0 aromatic carbocycles. The highest BCUT2D eigenvalue weighted by Crippen LogP contribution is 2.20. The Morgan fingerprint density at radius 3 is 2.42 bits per heavy atom. The third-order valence-corrected chi connectivity index (χ3v) is 4.34. The van der Waals surface area contributed by atoms with E-state index < -0.39 is 5.56 Å². The molecule has 0 N–H and O–H groups in total. The Balaban J connectivity index is 2.46. The van der Waals surface area contributed by atoms with E-state index in [1.165, 1.54) is 0 Å². The molecule has 2 heterocycles. The smallest absolute Gasteiger partial charge is 0.285 e. The molecule has 0 aliphatic rings. The lowest BCUT2D eigenvalue weighted by molar-refractivity contribution is 0.0964. The molecule has 126 valence electrons. The fourth-order valence-electron chi connectivity index (χ4n) is 3.09. The third kappa shape index (κ3) is 2.90. The van der Waals surface area contributed by atoms with E-state index >= 15 is 0 Å². The number of hydrogen-bond donors (Lipinski definition) is 0. The summed E-state index contributed by atoms with van der Waals surface area (Å²) < 4.78 is 3.18. The van der Waals surface area contributed by atoms with E-state index in [0.717, 1.165) is 16.1 Å². The predicted octanol–water partition coefficient (Wildman–Crippen LogP) is 2.61. The highest BCUT2D eigenvalue weighted by Gasteiger charge is 2.19. The quantitative estimate of drug-likeness (QED) is 0.809. The second-order valence-corrected chi connectivity index (χ2v) is 6.33. The van der Waals surface area contributed by atoms with Gasteiger partial charge >= 0.3 is 0 Å². The molecule has 6 nitrogen and oxygen atoms in total. The fourth-order valence-corrected chi connectivity index (χ4v) is 3.09. The van der Waals surface area contributed by atoms with E-state index in [1.807, 2.05) is 26.0 Å². The number of aryl methyl sites for hydroxylation is 2. The standard InChI is InChI=1S/C18H22N4O2/c1-10(2)22-11(3)7-15(14(22)6)17(23)9-21-18(24)16(8-19)12(4)13(5)20-21/h7,10H,9H2,1-6H3. The number of Topliss-reactive ketones (excluding diaryl/α,β-unsaturated/α-hetero) is 1. The summed E-state index contributed by atoms with van der Waals surface area (Å²) in [5.41, 5.74) is 3.13. The van der Waals surface area contributed by atoms with Gasteiger partial charge in [0, 0.05) is 23.0 Å². The van der Waals surface area contributed by atoms with Crippen LogP contribution < -0.4 is 5.56 Å². The maximum absolute atomic E-state index is 12.7. The third-order valence-electron chi connectivity index (χ3n) is 4.34. The van der Waals surface area contributed by atoms with Gasteiger partial charge in [-0.15, -0.1) is 0 Å². The average Bonchev–Trinajstić information content (AvgIpc) is 2.80. The van der Waals surface area contributed by atoms with Crippen LogP contribution in [0.15, 0.2) is 10.9 Å². The van der Waals surface area contributed by atoms with Crippen molar-refractivity contribution in [3.8, 4) is 6.07 Å². The molecule has 6 heteroatoms. The van der Waals surface area contributed by atoms with Crippen molar-refractivity contribution in [2.45, 2.75) is 54.1 Å². The highest BCUT2D eigenvalue weighted by molar-refractivity contribution is 5.97. The number of carbonyl (C=O) groups excluding carboxylic acids is 1. The fraction of sp³-hybridized carbons (Fsp3) is 0.444. The van der Waals surface area contributed by atoms with Crippen molar-refractivity contribution in [2.24, 2.45) is 0 Å². The van der Waals surface area contributed by atoms with Gasteiger partial charge in [-0.05, 0) is 53.2 Å². The molecule has 2 rings (SSSR count). The van der Waals surface area contributed by atoms with Crippen molar-refractivity contribution in [3.63, 3.8) is 0 Å². The van der Waals surface area contributed by atoms with Gasteiger partial charge in [0.1, 0.15) is 18.2 Å². The molecule has 0 saturated heterocycles. The van der Waals surface area contributed by atoms with E-state index in [4.69, 9.17) is 5.26 Å². The van der Waals surface area contributed by atoms with Gasteiger partial charge in [0.25, 0.3) is 5.56 Å². The molecule has 2 aromatic rings. The van der Waals surface area contributed by atoms with Gasteiger partial charge in [0.05, 0.1) is 5.69 Å². The summed E-state index contributed by atoms with van der Waals surface area (Å²) in [5.74, 6) is -0.184. The first-order valence-corrected chi connectivity index (χ1v) is 7.89. The minimum Gasteiger partial charge on any atom is -0.346 e. The highest BCUT2D eigenvalue weighted by atomic mass is 16.1. The molecule has 0 unspecified atom stereocenters. The van der Waals surface area contributed by atoms with E-state index in [0.29, 0.717) is 16.8 Å². The Hall–Kier alpha value is -2.68. The van der Waals surface area contributed by atoms with Crippen LogP contribution in [0.3, 0.4) is 0 Å². The second kappa shape index (κ2) is 6.44. The summed E-state index contributed by atoms with van der Waals surface area (Å²) >= 11 is 0. The van der Waals surface area contributed by atoms with Crippen molar-refractivity contribution in [1.29, 1.82) is 5.26 Å². The number of hydrogen-bond acceptors (Lipinski definition) is 4. The number of rotatable bonds is 4. The van der Waals surface area contributed by atoms with Gasteiger partial charge in [-0.3, -0.25) is 9.59 Å². The molecular weight excluding hydrogens is 304 g/mol. The molecule has 0 fully saturated rings. The molecule has 0 radical (unpaired) electrons. The van der Waals surface area contributed by atoms with Gasteiger partial charge in [0.15, 0.2) is 5.78 Å². The zero-order valence-corrected chi connectivity index (χ0v) is 15.0. The molecule has 0 aliphatic heterocycles. The summed E-state index contributed by atoms with van der Waals surface area (Å²) in [5, 5.41) is 13.3. The summed E-state index contributed by atoms with van der Waals surface area (Å²) in [6.45, 7) is 11.2. The van der Waals surface area contributed by atoms with E-state index in [2.05, 4.69) is 23.5 Å².